The van der Waals surface area contributed by atoms with E-state index in [1.54, 1.807) is 26.0 Å². The van der Waals surface area contributed by atoms with Crippen molar-refractivity contribution in [3.63, 3.8) is 0 Å². The van der Waals surface area contributed by atoms with E-state index < -0.39 is 17.8 Å². The lowest BCUT2D eigenvalue weighted by Crippen LogP contribution is -2.33. The molecule has 0 bridgehead atoms. The molecule has 8 nitrogen and oxygen atoms in total. The van der Waals surface area contributed by atoms with Gasteiger partial charge < -0.3 is 23.7 Å². The van der Waals surface area contributed by atoms with Crippen LogP contribution in [-0.2, 0) is 14.3 Å². The van der Waals surface area contributed by atoms with Crippen LogP contribution >= 0.6 is 0 Å². The van der Waals surface area contributed by atoms with Gasteiger partial charge in [-0.05, 0) is 31.5 Å². The molecule has 2 rings (SSSR count). The quantitative estimate of drug-likeness (QED) is 0.762. The second-order valence-corrected chi connectivity index (χ2v) is 5.70. The van der Waals surface area contributed by atoms with Crippen molar-refractivity contribution in [2.75, 3.05) is 27.9 Å². The number of hydrogen-bond acceptors (Lipinski definition) is 8. The standard InChI is InChI=1S/C19H22N2O6/c1-6-26-19(22)15-10(2)27-18(21)12(9-20)16(15)11-7-13(23-3)17(25-5)14(8-11)24-4/h7-8,12,16,21H,6H2,1-5H3. The lowest BCUT2D eigenvalue weighted by atomic mass is 9.78. The highest BCUT2D eigenvalue weighted by Gasteiger charge is 2.42. The first-order chi connectivity index (χ1) is 12.9. The largest absolute Gasteiger partial charge is 0.493 e. The predicted molar refractivity (Wildman–Crippen MR) is 96.1 cm³/mol. The molecule has 0 saturated carbocycles. The fourth-order valence-corrected chi connectivity index (χ4v) is 3.07. The molecule has 1 aliphatic rings. The summed E-state index contributed by atoms with van der Waals surface area (Å²) < 4.78 is 26.5. The van der Waals surface area contributed by atoms with Crippen LogP contribution in [0.15, 0.2) is 23.5 Å². The second-order valence-electron chi connectivity index (χ2n) is 5.70. The van der Waals surface area contributed by atoms with Crippen molar-refractivity contribution in [1.82, 2.24) is 0 Å². The number of methoxy groups -OCH3 is 3. The fourth-order valence-electron chi connectivity index (χ4n) is 3.07. The van der Waals surface area contributed by atoms with Crippen LogP contribution in [0, 0.1) is 22.7 Å². The van der Waals surface area contributed by atoms with E-state index in [0.717, 1.165) is 0 Å². The van der Waals surface area contributed by atoms with Gasteiger partial charge in [-0.25, -0.2) is 4.79 Å². The molecule has 0 fully saturated rings. The molecule has 1 aromatic rings. The highest BCUT2D eigenvalue weighted by molar-refractivity contribution is 5.96. The lowest BCUT2D eigenvalue weighted by Gasteiger charge is -2.31. The molecular formula is C19H22N2O6. The maximum atomic E-state index is 12.6. The van der Waals surface area contributed by atoms with Crippen molar-refractivity contribution in [2.45, 2.75) is 19.8 Å². The molecule has 0 aromatic heterocycles. The van der Waals surface area contributed by atoms with Gasteiger partial charge in [-0.1, -0.05) is 0 Å². The summed E-state index contributed by atoms with van der Waals surface area (Å²) in [5.74, 6) is -1.24. The van der Waals surface area contributed by atoms with Crippen LogP contribution in [0.2, 0.25) is 0 Å². The second kappa shape index (κ2) is 8.45. The van der Waals surface area contributed by atoms with E-state index in [1.165, 1.54) is 21.3 Å². The summed E-state index contributed by atoms with van der Waals surface area (Å²) in [6.45, 7) is 3.43. The highest BCUT2D eigenvalue weighted by Crippen LogP contribution is 2.45. The number of nitriles is 1. The van der Waals surface area contributed by atoms with Crippen molar-refractivity contribution >= 4 is 11.9 Å². The summed E-state index contributed by atoms with van der Waals surface area (Å²) in [6, 6.07) is 5.36. The molecule has 1 N–H and O–H groups in total. The van der Waals surface area contributed by atoms with E-state index in [-0.39, 0.29) is 23.8 Å². The number of allylic oxidation sites excluding steroid dienone is 1. The SMILES string of the molecule is CCOC(=O)C1=C(C)OC(=N)C(C#N)C1c1cc(OC)c(OC)c(OC)c1. The third-order valence-electron chi connectivity index (χ3n) is 4.25. The molecule has 0 radical (unpaired) electrons. The van der Waals surface area contributed by atoms with Gasteiger partial charge in [0.2, 0.25) is 11.6 Å². The molecule has 1 aliphatic heterocycles. The number of esters is 1. The lowest BCUT2D eigenvalue weighted by molar-refractivity contribution is -0.139. The summed E-state index contributed by atoms with van der Waals surface area (Å²) >= 11 is 0. The van der Waals surface area contributed by atoms with Crippen LogP contribution in [0.3, 0.4) is 0 Å². The maximum absolute atomic E-state index is 12.6. The minimum absolute atomic E-state index is 0.173. The number of nitrogens with zero attached hydrogens (tertiary/aromatic N) is 1. The zero-order chi connectivity index (χ0) is 20.1. The van der Waals surface area contributed by atoms with Gasteiger partial charge in [0.25, 0.3) is 0 Å². The van der Waals surface area contributed by atoms with Crippen molar-refractivity contribution in [1.29, 1.82) is 10.7 Å². The molecule has 0 amide bonds. The summed E-state index contributed by atoms with van der Waals surface area (Å²) in [5.41, 5.74) is 0.736. The van der Waals surface area contributed by atoms with E-state index in [9.17, 15) is 10.1 Å². The Kier molecular flexibility index (Phi) is 6.29. The summed E-state index contributed by atoms with van der Waals surface area (Å²) in [4.78, 5) is 12.6. The zero-order valence-corrected chi connectivity index (χ0v) is 15.9. The van der Waals surface area contributed by atoms with Gasteiger partial charge in [-0.2, -0.15) is 5.26 Å². The van der Waals surface area contributed by atoms with Gasteiger partial charge in [0.1, 0.15) is 11.7 Å². The Morgan fingerprint density at radius 3 is 2.26 bits per heavy atom. The van der Waals surface area contributed by atoms with Crippen molar-refractivity contribution in [2.24, 2.45) is 5.92 Å². The Labute approximate surface area is 157 Å². The van der Waals surface area contributed by atoms with Crippen LogP contribution in [0.1, 0.15) is 25.3 Å². The molecule has 27 heavy (non-hydrogen) atoms. The number of ether oxygens (including phenoxy) is 5. The molecular weight excluding hydrogens is 352 g/mol. The number of benzene rings is 1. The van der Waals surface area contributed by atoms with Crippen molar-refractivity contribution < 1.29 is 28.5 Å². The Bertz CT molecular complexity index is 799. The number of hydrogen-bond donors (Lipinski definition) is 1. The summed E-state index contributed by atoms with van der Waals surface area (Å²) in [5, 5.41) is 17.7. The number of rotatable bonds is 6. The van der Waals surface area contributed by atoms with Gasteiger partial charge in [0.15, 0.2) is 11.5 Å². The van der Waals surface area contributed by atoms with E-state index in [2.05, 4.69) is 0 Å². The average Bonchev–Trinajstić information content (AvgIpc) is 2.66. The molecule has 1 aromatic carbocycles. The van der Waals surface area contributed by atoms with E-state index in [4.69, 9.17) is 29.1 Å². The van der Waals surface area contributed by atoms with Crippen LogP contribution in [0.5, 0.6) is 17.2 Å². The monoisotopic (exact) mass is 374 g/mol. The Hall–Kier alpha value is -3.21. The minimum Gasteiger partial charge on any atom is -0.493 e. The third-order valence-corrected chi connectivity index (χ3v) is 4.25. The van der Waals surface area contributed by atoms with E-state index in [0.29, 0.717) is 22.8 Å². The van der Waals surface area contributed by atoms with Gasteiger partial charge in [-0.15, -0.1) is 0 Å². The minimum atomic E-state index is -1.00. The van der Waals surface area contributed by atoms with Crippen molar-refractivity contribution in [3.8, 4) is 23.3 Å². The molecule has 0 saturated heterocycles. The first kappa shape index (κ1) is 20.1. The van der Waals surface area contributed by atoms with Crippen LogP contribution < -0.4 is 14.2 Å². The molecule has 8 heteroatoms. The third kappa shape index (κ3) is 3.67. The molecule has 144 valence electrons. The molecule has 0 spiro atoms. The Morgan fingerprint density at radius 1 is 1.22 bits per heavy atom. The topological polar surface area (TPSA) is 111 Å². The Balaban J connectivity index is 2.73. The molecule has 2 unspecified atom stereocenters. The number of carbonyl (C=O) groups excluding carboxylic acids is 1. The fraction of sp³-hybridized carbons (Fsp3) is 0.421. The first-order valence-corrected chi connectivity index (χ1v) is 8.27. The molecule has 1 heterocycles. The first-order valence-electron chi connectivity index (χ1n) is 8.27. The number of carbonyl (C=O) groups is 1. The predicted octanol–water partition coefficient (Wildman–Crippen LogP) is 2.78. The highest BCUT2D eigenvalue weighted by atomic mass is 16.5. The summed E-state index contributed by atoms with van der Waals surface area (Å²) in [6.07, 6.45) is 0. The Morgan fingerprint density at radius 2 is 1.81 bits per heavy atom. The van der Waals surface area contributed by atoms with E-state index in [1.807, 2.05) is 6.07 Å². The van der Waals surface area contributed by atoms with Gasteiger partial charge in [0, 0.05) is 5.92 Å². The smallest absolute Gasteiger partial charge is 0.338 e. The van der Waals surface area contributed by atoms with Crippen LogP contribution in [0.4, 0.5) is 0 Å². The number of nitrogens with one attached hydrogen (secondary N) is 1. The van der Waals surface area contributed by atoms with Crippen molar-refractivity contribution in [3.05, 3.63) is 29.0 Å². The molecule has 0 aliphatic carbocycles. The van der Waals surface area contributed by atoms with Crippen LogP contribution in [-0.4, -0.2) is 39.8 Å². The van der Waals surface area contributed by atoms with Gasteiger partial charge in [-0.3, -0.25) is 5.41 Å². The van der Waals surface area contributed by atoms with Crippen LogP contribution in [0.25, 0.3) is 0 Å². The average molecular weight is 374 g/mol. The van der Waals surface area contributed by atoms with Gasteiger partial charge >= 0.3 is 5.97 Å². The zero-order valence-electron chi connectivity index (χ0n) is 15.9. The summed E-state index contributed by atoms with van der Waals surface area (Å²) in [7, 11) is 4.43. The maximum Gasteiger partial charge on any atom is 0.338 e. The molecule has 2 atom stereocenters. The normalized spacial score (nSPS) is 19.0. The van der Waals surface area contributed by atoms with Gasteiger partial charge in [0.05, 0.1) is 39.6 Å². The van der Waals surface area contributed by atoms with E-state index >= 15 is 0 Å².